The Kier molecular flexibility index (Phi) is 6.46. The van der Waals surface area contributed by atoms with Gasteiger partial charge >= 0.3 is 0 Å². The Hall–Kier alpha value is -2.25. The van der Waals surface area contributed by atoms with Gasteiger partial charge in [-0.1, -0.05) is 34.1 Å². The quantitative estimate of drug-likeness (QED) is 0.778. The highest BCUT2D eigenvalue weighted by Crippen LogP contribution is 2.20. The van der Waals surface area contributed by atoms with E-state index in [1.807, 2.05) is 36.9 Å². The number of piperazine rings is 1. The van der Waals surface area contributed by atoms with Crippen molar-refractivity contribution in [3.8, 4) is 0 Å². The summed E-state index contributed by atoms with van der Waals surface area (Å²) in [7, 11) is 0. The number of nitrogens with one attached hydrogen (secondary N) is 1. The van der Waals surface area contributed by atoms with Gasteiger partial charge in [0.1, 0.15) is 5.82 Å². The molecule has 0 aliphatic carbocycles. The second-order valence-electron chi connectivity index (χ2n) is 7.01. The van der Waals surface area contributed by atoms with Crippen LogP contribution in [0.5, 0.6) is 0 Å². The third-order valence-corrected chi connectivity index (χ3v) is 5.43. The van der Waals surface area contributed by atoms with Crippen LogP contribution in [-0.2, 0) is 4.79 Å². The number of carbonyl (C=O) groups excluding carboxylic acids is 2. The van der Waals surface area contributed by atoms with Crippen molar-refractivity contribution in [2.75, 3.05) is 38.0 Å². The molecule has 2 aromatic carbocycles. The van der Waals surface area contributed by atoms with Gasteiger partial charge in [0.15, 0.2) is 0 Å². The maximum atomic E-state index is 14.0. The maximum Gasteiger partial charge on any atom is 0.256 e. The Labute approximate surface area is 172 Å². The SMILES string of the molecule is Cc1cccc(C)c1NC(=O)CN1CCN(C(=O)c2ccc(Br)cc2F)CC1. The molecule has 1 saturated heterocycles. The number of aryl methyl sites for hydroxylation is 2. The van der Waals surface area contributed by atoms with Crippen LogP contribution < -0.4 is 5.32 Å². The molecule has 0 bridgehead atoms. The predicted molar refractivity (Wildman–Crippen MR) is 111 cm³/mol. The first-order valence-corrected chi connectivity index (χ1v) is 9.97. The summed E-state index contributed by atoms with van der Waals surface area (Å²) in [5, 5.41) is 2.98. The molecule has 148 valence electrons. The zero-order valence-electron chi connectivity index (χ0n) is 16.0. The lowest BCUT2D eigenvalue weighted by Crippen LogP contribution is -2.50. The van der Waals surface area contributed by atoms with Gasteiger partial charge in [0.25, 0.3) is 5.91 Å². The summed E-state index contributed by atoms with van der Waals surface area (Å²) in [6.07, 6.45) is 0. The zero-order chi connectivity index (χ0) is 20.3. The van der Waals surface area contributed by atoms with Crippen LogP contribution >= 0.6 is 15.9 Å². The van der Waals surface area contributed by atoms with E-state index >= 15 is 0 Å². The molecule has 2 amide bonds. The molecule has 0 aromatic heterocycles. The molecule has 3 rings (SSSR count). The van der Waals surface area contributed by atoms with Gasteiger partial charge in [-0.25, -0.2) is 4.39 Å². The summed E-state index contributed by atoms with van der Waals surface area (Å²) in [5.41, 5.74) is 2.98. The topological polar surface area (TPSA) is 52.7 Å². The average Bonchev–Trinajstić information content (AvgIpc) is 2.65. The minimum Gasteiger partial charge on any atom is -0.336 e. The summed E-state index contributed by atoms with van der Waals surface area (Å²) in [4.78, 5) is 28.6. The molecule has 1 aliphatic rings. The molecule has 1 fully saturated rings. The van der Waals surface area contributed by atoms with Gasteiger partial charge < -0.3 is 10.2 Å². The lowest BCUT2D eigenvalue weighted by Gasteiger charge is -2.34. The molecule has 7 heteroatoms. The highest BCUT2D eigenvalue weighted by atomic mass is 79.9. The van der Waals surface area contributed by atoms with Crippen LogP contribution in [0.2, 0.25) is 0 Å². The smallest absolute Gasteiger partial charge is 0.256 e. The van der Waals surface area contributed by atoms with E-state index < -0.39 is 5.82 Å². The predicted octanol–water partition coefficient (Wildman–Crippen LogP) is 3.60. The number of carbonyl (C=O) groups is 2. The van der Waals surface area contributed by atoms with Gasteiger partial charge in [0.05, 0.1) is 12.1 Å². The Morgan fingerprint density at radius 2 is 1.71 bits per heavy atom. The lowest BCUT2D eigenvalue weighted by molar-refractivity contribution is -0.117. The first kappa shape index (κ1) is 20.5. The highest BCUT2D eigenvalue weighted by Gasteiger charge is 2.25. The first-order valence-electron chi connectivity index (χ1n) is 9.18. The summed E-state index contributed by atoms with van der Waals surface area (Å²) in [6, 6.07) is 10.3. The van der Waals surface area contributed by atoms with Crippen molar-refractivity contribution in [1.82, 2.24) is 9.80 Å². The second kappa shape index (κ2) is 8.84. The number of amides is 2. The van der Waals surface area contributed by atoms with Gasteiger partial charge in [-0.15, -0.1) is 0 Å². The molecule has 0 atom stereocenters. The van der Waals surface area contributed by atoms with Crippen molar-refractivity contribution in [1.29, 1.82) is 0 Å². The first-order chi connectivity index (χ1) is 13.3. The van der Waals surface area contributed by atoms with Gasteiger partial charge in [-0.05, 0) is 43.2 Å². The van der Waals surface area contributed by atoms with Crippen molar-refractivity contribution < 1.29 is 14.0 Å². The number of para-hydroxylation sites is 1. The standard InChI is InChI=1S/C21H23BrFN3O2/c1-14-4-3-5-15(2)20(14)24-19(27)13-25-8-10-26(11-9-25)21(28)17-7-6-16(22)12-18(17)23/h3-7,12H,8-11,13H2,1-2H3,(H,24,27). The molecule has 5 nitrogen and oxygen atoms in total. The number of hydrogen-bond acceptors (Lipinski definition) is 3. The number of hydrogen-bond donors (Lipinski definition) is 1. The van der Waals surface area contributed by atoms with E-state index in [4.69, 9.17) is 0 Å². The second-order valence-corrected chi connectivity index (χ2v) is 7.92. The van der Waals surface area contributed by atoms with E-state index in [0.717, 1.165) is 16.8 Å². The fourth-order valence-electron chi connectivity index (χ4n) is 3.34. The van der Waals surface area contributed by atoms with Crippen LogP contribution in [0.25, 0.3) is 0 Å². The molecule has 28 heavy (non-hydrogen) atoms. The minimum absolute atomic E-state index is 0.0730. The van der Waals surface area contributed by atoms with Crippen molar-refractivity contribution >= 4 is 33.4 Å². The van der Waals surface area contributed by atoms with Crippen molar-refractivity contribution in [3.63, 3.8) is 0 Å². The van der Waals surface area contributed by atoms with Crippen molar-refractivity contribution in [2.24, 2.45) is 0 Å². The normalized spacial score (nSPS) is 14.8. The Morgan fingerprint density at radius 3 is 2.32 bits per heavy atom. The van der Waals surface area contributed by atoms with Crippen molar-refractivity contribution in [2.45, 2.75) is 13.8 Å². The molecule has 0 saturated carbocycles. The Bertz CT molecular complexity index is 875. The number of halogens is 2. The third kappa shape index (κ3) is 4.77. The summed E-state index contributed by atoms with van der Waals surface area (Å²) < 4.78 is 14.6. The molecular weight excluding hydrogens is 425 g/mol. The molecule has 1 N–H and O–H groups in total. The van der Waals surface area contributed by atoms with Gasteiger partial charge in [-0.3, -0.25) is 14.5 Å². The van der Waals surface area contributed by atoms with E-state index in [-0.39, 0.29) is 23.9 Å². The monoisotopic (exact) mass is 447 g/mol. The molecule has 1 heterocycles. The number of rotatable bonds is 4. The summed E-state index contributed by atoms with van der Waals surface area (Å²) >= 11 is 3.20. The molecular formula is C21H23BrFN3O2. The average molecular weight is 448 g/mol. The van der Waals surface area contributed by atoms with E-state index in [2.05, 4.69) is 21.2 Å². The fraction of sp³-hybridized carbons (Fsp3) is 0.333. The number of anilines is 1. The van der Waals surface area contributed by atoms with Gasteiger partial charge in [0.2, 0.25) is 5.91 Å². The molecule has 0 radical (unpaired) electrons. The summed E-state index contributed by atoms with van der Waals surface area (Å²) in [6.45, 7) is 6.27. The maximum absolute atomic E-state index is 14.0. The van der Waals surface area contributed by atoms with Crippen LogP contribution in [0.4, 0.5) is 10.1 Å². The lowest BCUT2D eigenvalue weighted by atomic mass is 10.1. The van der Waals surface area contributed by atoms with Gasteiger partial charge in [0, 0.05) is 36.3 Å². The van der Waals surface area contributed by atoms with E-state index in [1.165, 1.54) is 12.1 Å². The van der Waals surface area contributed by atoms with Gasteiger partial charge in [-0.2, -0.15) is 0 Å². The van der Waals surface area contributed by atoms with Crippen LogP contribution in [0, 0.1) is 19.7 Å². The van der Waals surface area contributed by atoms with Crippen LogP contribution in [0.15, 0.2) is 40.9 Å². The van der Waals surface area contributed by atoms with Crippen molar-refractivity contribution in [3.05, 3.63) is 63.4 Å². The van der Waals surface area contributed by atoms with E-state index in [0.29, 0.717) is 30.7 Å². The third-order valence-electron chi connectivity index (χ3n) is 4.93. The Morgan fingerprint density at radius 1 is 1.07 bits per heavy atom. The fourth-order valence-corrected chi connectivity index (χ4v) is 3.67. The van der Waals surface area contributed by atoms with E-state index in [9.17, 15) is 14.0 Å². The molecule has 0 spiro atoms. The molecule has 2 aromatic rings. The zero-order valence-corrected chi connectivity index (χ0v) is 17.6. The van der Waals surface area contributed by atoms with Crippen LogP contribution in [-0.4, -0.2) is 54.3 Å². The molecule has 0 unspecified atom stereocenters. The molecule has 1 aliphatic heterocycles. The largest absolute Gasteiger partial charge is 0.336 e. The Balaban J connectivity index is 1.54. The van der Waals surface area contributed by atoms with Crippen LogP contribution in [0.1, 0.15) is 21.5 Å². The number of benzene rings is 2. The van der Waals surface area contributed by atoms with Crippen LogP contribution in [0.3, 0.4) is 0 Å². The summed E-state index contributed by atoms with van der Waals surface area (Å²) in [5.74, 6) is -0.921. The minimum atomic E-state index is -0.533. The van der Waals surface area contributed by atoms with E-state index in [1.54, 1.807) is 11.0 Å². The highest BCUT2D eigenvalue weighted by molar-refractivity contribution is 9.10. The number of nitrogens with zero attached hydrogens (tertiary/aromatic N) is 2.